The van der Waals surface area contributed by atoms with Gasteiger partial charge in [0.05, 0.1) is 12.8 Å². The number of halogens is 1. The fourth-order valence-corrected chi connectivity index (χ4v) is 2.67. The molecule has 3 rings (SSSR count). The summed E-state index contributed by atoms with van der Waals surface area (Å²) < 4.78 is 31.4. The van der Waals surface area contributed by atoms with Gasteiger partial charge in [0.2, 0.25) is 0 Å². The number of hydrogen-bond donors (Lipinski definition) is 2. The Kier molecular flexibility index (Phi) is 3.24. The Morgan fingerprint density at radius 1 is 1.48 bits per heavy atom. The summed E-state index contributed by atoms with van der Waals surface area (Å²) in [6, 6.07) is 0. The van der Waals surface area contributed by atoms with Crippen molar-refractivity contribution in [3.8, 4) is 0 Å². The highest BCUT2D eigenvalue weighted by Gasteiger charge is 2.55. The first-order valence-corrected chi connectivity index (χ1v) is 6.48. The molecule has 2 aliphatic rings. The first kappa shape index (κ1) is 14.4. The van der Waals surface area contributed by atoms with Crippen molar-refractivity contribution in [1.82, 2.24) is 9.55 Å². The molecule has 4 atom stereocenters. The van der Waals surface area contributed by atoms with Crippen LogP contribution in [0.25, 0.3) is 0 Å². The SMILES string of the molecule is CC1(C)OC2[C@@H](O1)[C@@H](CO)O[C@H]2n1cc(F)c(N)nc1=O. The molecule has 2 saturated heterocycles. The van der Waals surface area contributed by atoms with E-state index in [9.17, 15) is 14.3 Å². The highest BCUT2D eigenvalue weighted by molar-refractivity contribution is 5.26. The number of fused-ring (bicyclic) bond motifs is 1. The molecule has 1 aromatic heterocycles. The molecule has 0 amide bonds. The van der Waals surface area contributed by atoms with E-state index in [1.165, 1.54) is 0 Å². The lowest BCUT2D eigenvalue weighted by Gasteiger charge is -2.24. The van der Waals surface area contributed by atoms with Crippen molar-refractivity contribution >= 4 is 5.82 Å². The number of aliphatic hydroxyl groups is 1. The van der Waals surface area contributed by atoms with E-state index in [-0.39, 0.29) is 6.61 Å². The number of ether oxygens (including phenoxy) is 3. The van der Waals surface area contributed by atoms with Crippen LogP contribution < -0.4 is 11.4 Å². The number of aromatic nitrogens is 2. The van der Waals surface area contributed by atoms with Gasteiger partial charge in [0, 0.05) is 0 Å². The third-order valence-electron chi connectivity index (χ3n) is 3.51. The number of rotatable bonds is 2. The molecule has 0 aromatic carbocycles. The number of aliphatic hydroxyl groups excluding tert-OH is 1. The summed E-state index contributed by atoms with van der Waals surface area (Å²) in [7, 11) is 0. The van der Waals surface area contributed by atoms with E-state index in [1.807, 2.05) is 0 Å². The Bertz CT molecular complexity index is 619. The molecule has 1 aromatic rings. The molecule has 9 heteroatoms. The molecule has 8 nitrogen and oxygen atoms in total. The van der Waals surface area contributed by atoms with Crippen molar-refractivity contribution in [1.29, 1.82) is 0 Å². The maximum absolute atomic E-state index is 13.6. The van der Waals surface area contributed by atoms with E-state index in [1.54, 1.807) is 13.8 Å². The third kappa shape index (κ3) is 2.31. The van der Waals surface area contributed by atoms with Gasteiger partial charge in [0.1, 0.15) is 18.3 Å². The van der Waals surface area contributed by atoms with Gasteiger partial charge >= 0.3 is 5.69 Å². The zero-order chi connectivity index (χ0) is 15.4. The monoisotopic (exact) mass is 301 g/mol. The molecule has 0 radical (unpaired) electrons. The van der Waals surface area contributed by atoms with E-state index in [0.29, 0.717) is 0 Å². The van der Waals surface area contributed by atoms with Gasteiger partial charge in [-0.25, -0.2) is 9.18 Å². The molecule has 2 fully saturated rings. The zero-order valence-corrected chi connectivity index (χ0v) is 11.5. The smallest absolute Gasteiger partial charge is 0.351 e. The lowest BCUT2D eigenvalue weighted by molar-refractivity contribution is -0.200. The van der Waals surface area contributed by atoms with E-state index in [0.717, 1.165) is 10.8 Å². The minimum Gasteiger partial charge on any atom is -0.394 e. The summed E-state index contributed by atoms with van der Waals surface area (Å²) in [5.74, 6) is -2.19. The van der Waals surface area contributed by atoms with Crippen LogP contribution in [0.1, 0.15) is 20.1 Å². The fraction of sp³-hybridized carbons (Fsp3) is 0.667. The van der Waals surface area contributed by atoms with Crippen LogP contribution in [-0.2, 0) is 14.2 Å². The summed E-state index contributed by atoms with van der Waals surface area (Å²) in [6.45, 7) is 3.11. The Morgan fingerprint density at radius 2 is 2.14 bits per heavy atom. The third-order valence-corrected chi connectivity index (χ3v) is 3.51. The topological polar surface area (TPSA) is 109 Å². The molecule has 21 heavy (non-hydrogen) atoms. The molecule has 116 valence electrons. The van der Waals surface area contributed by atoms with Crippen LogP contribution in [0.5, 0.6) is 0 Å². The van der Waals surface area contributed by atoms with Gasteiger partial charge in [-0.1, -0.05) is 0 Å². The quantitative estimate of drug-likeness (QED) is 0.749. The fourth-order valence-electron chi connectivity index (χ4n) is 2.67. The number of hydrogen-bond acceptors (Lipinski definition) is 7. The molecular formula is C12H16FN3O5. The Balaban J connectivity index is 1.99. The zero-order valence-electron chi connectivity index (χ0n) is 11.5. The normalized spacial score (nSPS) is 34.1. The molecule has 0 bridgehead atoms. The van der Waals surface area contributed by atoms with Crippen molar-refractivity contribution in [3.63, 3.8) is 0 Å². The second-order valence-corrected chi connectivity index (χ2v) is 5.48. The number of nitrogen functional groups attached to an aromatic ring is 1. The van der Waals surface area contributed by atoms with Crippen molar-refractivity contribution < 1.29 is 23.7 Å². The van der Waals surface area contributed by atoms with Crippen molar-refractivity contribution in [2.75, 3.05) is 12.3 Å². The van der Waals surface area contributed by atoms with Gasteiger partial charge in [-0.2, -0.15) is 4.98 Å². The average molecular weight is 301 g/mol. The summed E-state index contributed by atoms with van der Waals surface area (Å²) in [4.78, 5) is 15.3. The van der Waals surface area contributed by atoms with Gasteiger partial charge in [-0.3, -0.25) is 4.57 Å². The summed E-state index contributed by atoms with van der Waals surface area (Å²) in [5.41, 5.74) is 4.50. The predicted molar refractivity (Wildman–Crippen MR) is 67.7 cm³/mol. The van der Waals surface area contributed by atoms with Crippen LogP contribution in [-0.4, -0.2) is 45.4 Å². The molecule has 3 N–H and O–H groups in total. The van der Waals surface area contributed by atoms with Gasteiger partial charge in [-0.05, 0) is 13.8 Å². The first-order valence-electron chi connectivity index (χ1n) is 6.48. The van der Waals surface area contributed by atoms with Crippen LogP contribution in [0.3, 0.4) is 0 Å². The largest absolute Gasteiger partial charge is 0.394 e. The van der Waals surface area contributed by atoms with Crippen LogP contribution in [0.15, 0.2) is 11.0 Å². The van der Waals surface area contributed by atoms with E-state index >= 15 is 0 Å². The first-order chi connectivity index (χ1) is 9.82. The summed E-state index contributed by atoms with van der Waals surface area (Å²) >= 11 is 0. The minimum absolute atomic E-state index is 0.309. The van der Waals surface area contributed by atoms with Gasteiger partial charge in [0.25, 0.3) is 0 Å². The van der Waals surface area contributed by atoms with E-state index in [4.69, 9.17) is 19.9 Å². The molecule has 2 aliphatic heterocycles. The molecule has 1 unspecified atom stereocenters. The van der Waals surface area contributed by atoms with Crippen molar-refractivity contribution in [3.05, 3.63) is 22.5 Å². The molecule has 0 saturated carbocycles. The minimum atomic E-state index is -0.941. The Hall–Kier alpha value is -1.55. The highest BCUT2D eigenvalue weighted by Crippen LogP contribution is 2.42. The highest BCUT2D eigenvalue weighted by atomic mass is 19.1. The number of nitrogens with two attached hydrogens (primary N) is 1. The molecule has 3 heterocycles. The molecule has 0 spiro atoms. The second-order valence-electron chi connectivity index (χ2n) is 5.48. The lowest BCUT2D eigenvalue weighted by atomic mass is 10.1. The predicted octanol–water partition coefficient (Wildman–Crippen LogP) is -0.626. The number of anilines is 1. The molecular weight excluding hydrogens is 285 g/mol. The maximum atomic E-state index is 13.6. The summed E-state index contributed by atoms with van der Waals surface area (Å²) in [5, 5.41) is 9.36. The average Bonchev–Trinajstić information content (AvgIpc) is 2.87. The Morgan fingerprint density at radius 3 is 2.81 bits per heavy atom. The second kappa shape index (κ2) is 4.73. The lowest BCUT2D eigenvalue weighted by Crippen LogP contribution is -2.35. The van der Waals surface area contributed by atoms with Crippen LogP contribution in [0.2, 0.25) is 0 Å². The van der Waals surface area contributed by atoms with Crippen molar-refractivity contribution in [2.24, 2.45) is 0 Å². The van der Waals surface area contributed by atoms with Gasteiger partial charge in [0.15, 0.2) is 23.7 Å². The maximum Gasteiger partial charge on any atom is 0.351 e. The van der Waals surface area contributed by atoms with E-state index < -0.39 is 47.7 Å². The van der Waals surface area contributed by atoms with E-state index in [2.05, 4.69) is 4.98 Å². The Labute approximate surface area is 119 Å². The van der Waals surface area contributed by atoms with Crippen LogP contribution >= 0.6 is 0 Å². The van der Waals surface area contributed by atoms with Crippen molar-refractivity contribution in [2.45, 2.75) is 44.2 Å². The van der Waals surface area contributed by atoms with Crippen LogP contribution in [0, 0.1) is 5.82 Å². The van der Waals surface area contributed by atoms with Gasteiger partial charge < -0.3 is 25.1 Å². The standard InChI is InChI=1S/C12H16FN3O5/c1-12(2)20-7-6(4-17)19-10(8(7)21-12)16-3-5(13)9(14)15-11(16)18/h3,6-8,10,17H,4H2,1-2H3,(H2,14,15,18)/t6-,7+,8?,10-/m1/s1. The number of nitrogens with zero attached hydrogens (tertiary/aromatic N) is 2. The molecule has 0 aliphatic carbocycles. The van der Waals surface area contributed by atoms with Crippen LogP contribution in [0.4, 0.5) is 10.2 Å². The summed E-state index contributed by atoms with van der Waals surface area (Å²) in [6.07, 6.45) is -1.90. The van der Waals surface area contributed by atoms with Gasteiger partial charge in [-0.15, -0.1) is 0 Å².